The molecule has 1 unspecified atom stereocenters. The molecule has 0 radical (unpaired) electrons. The average Bonchev–Trinajstić information content (AvgIpc) is 3.17. The maximum absolute atomic E-state index is 11.5. The lowest BCUT2D eigenvalue weighted by Gasteiger charge is -2.14. The zero-order chi connectivity index (χ0) is 15.0. The third-order valence-electron chi connectivity index (χ3n) is 2.93. The summed E-state index contributed by atoms with van der Waals surface area (Å²) in [5.41, 5.74) is 4.95. The Morgan fingerprint density at radius 2 is 1.95 bits per heavy atom. The van der Waals surface area contributed by atoms with Gasteiger partial charge < -0.3 is 26.8 Å². The monoisotopic (exact) mass is 286 g/mol. The van der Waals surface area contributed by atoms with Crippen molar-refractivity contribution >= 4 is 17.9 Å². The van der Waals surface area contributed by atoms with E-state index in [1.54, 1.807) is 0 Å². The minimum atomic E-state index is -1.18. The topological polar surface area (TPSA) is 134 Å². The minimum Gasteiger partial charge on any atom is -0.480 e. The number of urea groups is 1. The lowest BCUT2D eigenvalue weighted by Crippen LogP contribution is -2.46. The van der Waals surface area contributed by atoms with E-state index in [2.05, 4.69) is 16.0 Å². The summed E-state index contributed by atoms with van der Waals surface area (Å²) in [6, 6.07) is -1.02. The molecule has 0 aromatic carbocycles. The second kappa shape index (κ2) is 8.36. The van der Waals surface area contributed by atoms with Crippen LogP contribution in [0.4, 0.5) is 4.79 Å². The first-order valence-electron chi connectivity index (χ1n) is 6.78. The van der Waals surface area contributed by atoms with Crippen molar-refractivity contribution in [2.75, 3.05) is 13.1 Å². The zero-order valence-corrected chi connectivity index (χ0v) is 11.4. The Balaban J connectivity index is 2.12. The predicted octanol–water partition coefficient (Wildman–Crippen LogP) is -0.854. The van der Waals surface area contributed by atoms with Crippen molar-refractivity contribution in [1.29, 1.82) is 0 Å². The van der Waals surface area contributed by atoms with Gasteiger partial charge in [0, 0.05) is 19.0 Å². The number of primary amides is 1. The maximum Gasteiger partial charge on any atom is 0.326 e. The molecule has 1 aliphatic rings. The SMILES string of the molecule is NC(=O)CCC(NC(=O)NCCCNC1CC1)C(=O)O. The molecule has 0 bridgehead atoms. The molecule has 3 amide bonds. The molecule has 8 nitrogen and oxygen atoms in total. The number of hydrogen-bond donors (Lipinski definition) is 5. The highest BCUT2D eigenvalue weighted by atomic mass is 16.4. The fourth-order valence-electron chi connectivity index (χ4n) is 1.64. The first kappa shape index (κ1) is 16.2. The van der Waals surface area contributed by atoms with Crippen molar-refractivity contribution in [1.82, 2.24) is 16.0 Å². The van der Waals surface area contributed by atoms with Gasteiger partial charge in [-0.15, -0.1) is 0 Å². The summed E-state index contributed by atoms with van der Waals surface area (Å²) in [6.45, 7) is 1.29. The lowest BCUT2D eigenvalue weighted by molar-refractivity contribution is -0.139. The van der Waals surface area contributed by atoms with Crippen molar-refractivity contribution in [3.05, 3.63) is 0 Å². The van der Waals surface area contributed by atoms with Crippen LogP contribution in [-0.2, 0) is 9.59 Å². The highest BCUT2D eigenvalue weighted by Gasteiger charge is 2.21. The van der Waals surface area contributed by atoms with Gasteiger partial charge in [0.05, 0.1) is 0 Å². The molecule has 0 saturated heterocycles. The molecule has 0 spiro atoms. The number of nitrogens with one attached hydrogen (secondary N) is 3. The van der Waals surface area contributed by atoms with Gasteiger partial charge in [0.25, 0.3) is 0 Å². The van der Waals surface area contributed by atoms with Crippen LogP contribution < -0.4 is 21.7 Å². The molecule has 1 saturated carbocycles. The van der Waals surface area contributed by atoms with Crippen LogP contribution in [0.1, 0.15) is 32.1 Å². The number of carbonyl (C=O) groups is 3. The van der Waals surface area contributed by atoms with Crippen LogP contribution in [0, 0.1) is 0 Å². The smallest absolute Gasteiger partial charge is 0.326 e. The molecular weight excluding hydrogens is 264 g/mol. The zero-order valence-electron chi connectivity index (χ0n) is 11.4. The van der Waals surface area contributed by atoms with Crippen LogP contribution in [0.5, 0.6) is 0 Å². The van der Waals surface area contributed by atoms with Crippen molar-refractivity contribution in [2.45, 2.75) is 44.2 Å². The van der Waals surface area contributed by atoms with E-state index in [0.717, 1.165) is 13.0 Å². The first-order valence-corrected chi connectivity index (χ1v) is 6.78. The molecule has 6 N–H and O–H groups in total. The molecule has 0 aromatic heterocycles. The Labute approximate surface area is 117 Å². The molecule has 8 heteroatoms. The van der Waals surface area contributed by atoms with Gasteiger partial charge in [-0.1, -0.05) is 0 Å². The van der Waals surface area contributed by atoms with Crippen molar-refractivity contribution < 1.29 is 19.5 Å². The number of rotatable bonds is 10. The number of carbonyl (C=O) groups excluding carboxylic acids is 2. The van der Waals surface area contributed by atoms with Crippen molar-refractivity contribution in [3.8, 4) is 0 Å². The van der Waals surface area contributed by atoms with Crippen LogP contribution in [0.15, 0.2) is 0 Å². The summed E-state index contributed by atoms with van der Waals surface area (Å²) in [4.78, 5) is 33.0. The van der Waals surface area contributed by atoms with Crippen LogP contribution in [0.3, 0.4) is 0 Å². The van der Waals surface area contributed by atoms with Gasteiger partial charge in [0.2, 0.25) is 5.91 Å². The standard InChI is InChI=1S/C12H22N4O4/c13-10(17)5-4-9(11(18)19)16-12(20)15-7-1-6-14-8-2-3-8/h8-9,14H,1-7H2,(H2,13,17)(H,18,19)(H2,15,16,20). The summed E-state index contributed by atoms with van der Waals surface area (Å²) in [7, 11) is 0. The van der Waals surface area contributed by atoms with Crippen LogP contribution in [0.2, 0.25) is 0 Å². The molecule has 114 valence electrons. The molecule has 1 rings (SSSR count). The molecule has 1 fully saturated rings. The first-order chi connectivity index (χ1) is 9.49. The Kier molecular flexibility index (Phi) is 6.78. The summed E-state index contributed by atoms with van der Waals surface area (Å²) in [6.07, 6.45) is 3.12. The number of aliphatic carboxylic acids is 1. The van der Waals surface area contributed by atoms with E-state index in [-0.39, 0.29) is 12.8 Å². The number of carboxylic acid groups (broad SMARTS) is 1. The highest BCUT2D eigenvalue weighted by molar-refractivity contribution is 5.83. The molecule has 1 aliphatic carbocycles. The van der Waals surface area contributed by atoms with E-state index in [1.165, 1.54) is 12.8 Å². The van der Waals surface area contributed by atoms with E-state index < -0.39 is 23.9 Å². The van der Waals surface area contributed by atoms with Crippen molar-refractivity contribution in [2.24, 2.45) is 5.73 Å². The molecular formula is C12H22N4O4. The van der Waals surface area contributed by atoms with Gasteiger partial charge in [-0.2, -0.15) is 0 Å². The van der Waals surface area contributed by atoms with E-state index in [4.69, 9.17) is 10.8 Å². The van der Waals surface area contributed by atoms with Gasteiger partial charge in [-0.25, -0.2) is 9.59 Å². The fourth-order valence-corrected chi connectivity index (χ4v) is 1.64. The second-order valence-corrected chi connectivity index (χ2v) is 4.88. The lowest BCUT2D eigenvalue weighted by atomic mass is 10.1. The molecule has 0 heterocycles. The maximum atomic E-state index is 11.5. The summed E-state index contributed by atoms with van der Waals surface area (Å²) in [5.74, 6) is -1.78. The normalized spacial score (nSPS) is 15.4. The van der Waals surface area contributed by atoms with E-state index in [0.29, 0.717) is 12.6 Å². The third-order valence-corrected chi connectivity index (χ3v) is 2.93. The van der Waals surface area contributed by atoms with Crippen LogP contribution in [-0.4, -0.2) is 48.2 Å². The Hall–Kier alpha value is -1.83. The summed E-state index contributed by atoms with van der Waals surface area (Å²) < 4.78 is 0. The third kappa shape index (κ3) is 7.57. The molecule has 20 heavy (non-hydrogen) atoms. The Morgan fingerprint density at radius 1 is 1.25 bits per heavy atom. The van der Waals surface area contributed by atoms with Gasteiger partial charge in [-0.05, 0) is 32.2 Å². The van der Waals surface area contributed by atoms with Gasteiger partial charge in [-0.3, -0.25) is 4.79 Å². The number of nitrogens with two attached hydrogens (primary N) is 1. The summed E-state index contributed by atoms with van der Waals surface area (Å²) in [5, 5.41) is 17.1. The van der Waals surface area contributed by atoms with Gasteiger partial charge >= 0.3 is 12.0 Å². The molecule has 0 aromatic rings. The Bertz CT molecular complexity index is 357. The summed E-state index contributed by atoms with van der Waals surface area (Å²) >= 11 is 0. The number of amides is 3. The Morgan fingerprint density at radius 3 is 2.50 bits per heavy atom. The minimum absolute atomic E-state index is 0.0126. The van der Waals surface area contributed by atoms with Crippen LogP contribution >= 0.6 is 0 Å². The van der Waals surface area contributed by atoms with E-state index in [9.17, 15) is 14.4 Å². The van der Waals surface area contributed by atoms with E-state index in [1.807, 2.05) is 0 Å². The molecule has 0 aliphatic heterocycles. The van der Waals surface area contributed by atoms with Gasteiger partial charge in [0.15, 0.2) is 0 Å². The van der Waals surface area contributed by atoms with Crippen LogP contribution in [0.25, 0.3) is 0 Å². The van der Waals surface area contributed by atoms with E-state index >= 15 is 0 Å². The van der Waals surface area contributed by atoms with Crippen molar-refractivity contribution in [3.63, 3.8) is 0 Å². The number of hydrogen-bond acceptors (Lipinski definition) is 4. The quantitative estimate of drug-likeness (QED) is 0.333. The average molecular weight is 286 g/mol. The fraction of sp³-hybridized carbons (Fsp3) is 0.750. The van der Waals surface area contributed by atoms with Gasteiger partial charge in [0.1, 0.15) is 6.04 Å². The predicted molar refractivity (Wildman–Crippen MR) is 72.0 cm³/mol. The second-order valence-electron chi connectivity index (χ2n) is 4.88. The highest BCUT2D eigenvalue weighted by Crippen LogP contribution is 2.18. The molecule has 1 atom stereocenters. The number of carboxylic acids is 1. The largest absolute Gasteiger partial charge is 0.480 e.